The molecule has 4 N–H and O–H groups in total. The molecule has 0 aliphatic heterocycles. The minimum atomic E-state index is -4.41. The number of aromatic nitrogens is 22. The van der Waals surface area contributed by atoms with Crippen molar-refractivity contribution in [2.24, 2.45) is 28.2 Å². The lowest BCUT2D eigenvalue weighted by molar-refractivity contribution is -0.115. The van der Waals surface area contributed by atoms with Gasteiger partial charge in [0.15, 0.2) is 6.61 Å². The summed E-state index contributed by atoms with van der Waals surface area (Å²) in [5.74, 6) is 0.944. The number of pyridine rings is 4. The van der Waals surface area contributed by atoms with E-state index in [-0.39, 0.29) is 45.2 Å². The van der Waals surface area contributed by atoms with Gasteiger partial charge in [-0.05, 0) is 187 Å². The molecule has 0 saturated heterocycles. The number of nitrogens with one attached hydrogen (secondary N) is 4. The van der Waals surface area contributed by atoms with E-state index in [2.05, 4.69) is 81.9 Å². The fourth-order valence-corrected chi connectivity index (χ4v) is 15.0. The number of H-pyrrole nitrogens is 1. The Kier molecular flexibility index (Phi) is 23.1. The molecule has 40 heteroatoms. The van der Waals surface area contributed by atoms with Gasteiger partial charge in [0.05, 0.1) is 79.3 Å². The third kappa shape index (κ3) is 18.2. The molecule has 0 atom stereocenters. The molecule has 13 aromatic heterocycles. The first kappa shape index (κ1) is 85.2. The van der Waals surface area contributed by atoms with Crippen LogP contribution in [0.4, 0.5) is 48.2 Å². The van der Waals surface area contributed by atoms with Gasteiger partial charge in [-0.2, -0.15) is 77.8 Å². The first-order valence-electron chi connectivity index (χ1n) is 39.9. The second-order valence-corrected chi connectivity index (χ2v) is 31.4. The number of alkyl halides is 7. The number of aryl methyl sites for hydroxylation is 4. The van der Waals surface area contributed by atoms with Crippen molar-refractivity contribution in [1.29, 1.82) is 0 Å². The largest absolute Gasteiger partial charge is 0.472 e. The van der Waals surface area contributed by atoms with Gasteiger partial charge in [0.2, 0.25) is 5.88 Å². The summed E-state index contributed by atoms with van der Waals surface area (Å²) in [6.45, 7) is -2.60. The third-order valence-electron chi connectivity index (χ3n) is 20.6. The summed E-state index contributed by atoms with van der Waals surface area (Å²) >= 11 is 18.2. The van der Waals surface area contributed by atoms with Crippen LogP contribution in [0.25, 0.3) is 155 Å². The summed E-state index contributed by atoms with van der Waals surface area (Å²) in [5.41, 5.74) is 10.5. The number of fused-ring (bicyclic) bond motifs is 8. The van der Waals surface area contributed by atoms with E-state index in [0.717, 1.165) is 67.8 Å². The number of benzene rings is 7. The molecule has 0 unspecified atom stereocenters. The average molecular weight is 1820 g/mol. The summed E-state index contributed by atoms with van der Waals surface area (Å²) < 4.78 is 105. The van der Waals surface area contributed by atoms with E-state index in [9.17, 15) is 49.9 Å². The molecule has 1 aliphatic carbocycles. The Hall–Kier alpha value is -15.6. The van der Waals surface area contributed by atoms with Gasteiger partial charge >= 0.3 is 6.18 Å². The van der Waals surface area contributed by atoms with Gasteiger partial charge in [0.1, 0.15) is 68.1 Å². The Bertz CT molecular complexity index is 8020. The van der Waals surface area contributed by atoms with Gasteiger partial charge in [-0.15, -0.1) is 0 Å². The number of hydrogen-bond acceptors (Lipinski definition) is 21. The maximum Gasteiger partial charge on any atom is 0.405 e. The van der Waals surface area contributed by atoms with Crippen molar-refractivity contribution in [3.63, 3.8) is 0 Å². The third-order valence-corrected chi connectivity index (χ3v) is 21.4. The smallest absolute Gasteiger partial charge is 0.405 e. The summed E-state index contributed by atoms with van der Waals surface area (Å²) in [5, 5.41) is 55.5. The van der Waals surface area contributed by atoms with Crippen LogP contribution in [0, 0.1) is 0 Å². The molecule has 7 aromatic carbocycles. The quantitative estimate of drug-likeness (QED) is 0.0580. The van der Waals surface area contributed by atoms with E-state index < -0.39 is 55.4 Å². The minimum Gasteiger partial charge on any atom is -0.472 e. The number of ether oxygens (including phenoxy) is 1. The minimum absolute atomic E-state index is 0.0178. The van der Waals surface area contributed by atoms with Crippen LogP contribution in [0.5, 0.6) is 5.88 Å². The van der Waals surface area contributed by atoms with Crippen LogP contribution < -0.4 is 42.9 Å². The Morgan fingerprint density at radius 3 is 1.08 bits per heavy atom. The molecule has 13 heterocycles. The van der Waals surface area contributed by atoms with Gasteiger partial charge in [-0.1, -0.05) is 71.2 Å². The monoisotopic (exact) mass is 1820 g/mol. The van der Waals surface area contributed by atoms with Crippen molar-refractivity contribution in [2.75, 3.05) is 35.6 Å². The highest BCUT2D eigenvalue weighted by atomic mass is 35.5. The lowest BCUT2D eigenvalue weighted by Crippen LogP contribution is -2.24. The highest BCUT2D eigenvalue weighted by Crippen LogP contribution is 2.35. The summed E-state index contributed by atoms with van der Waals surface area (Å²) in [4.78, 5) is 72.2. The molecule has 0 spiro atoms. The zero-order chi connectivity index (χ0) is 90.5. The van der Waals surface area contributed by atoms with E-state index in [0.29, 0.717) is 105 Å². The lowest BCUT2D eigenvalue weighted by atomic mass is 10.1. The Morgan fingerprint density at radius 1 is 0.400 bits per heavy atom. The van der Waals surface area contributed by atoms with Gasteiger partial charge < -0.3 is 20.7 Å². The number of halogens is 10. The van der Waals surface area contributed by atoms with Crippen molar-refractivity contribution in [3.05, 3.63) is 288 Å². The molecule has 1 fully saturated rings. The van der Waals surface area contributed by atoms with Crippen LogP contribution in [0.2, 0.25) is 15.1 Å². The molecule has 0 bridgehead atoms. The van der Waals surface area contributed by atoms with E-state index >= 15 is 0 Å². The van der Waals surface area contributed by atoms with Crippen molar-refractivity contribution in [3.8, 4) is 73.3 Å². The van der Waals surface area contributed by atoms with Gasteiger partial charge in [0.25, 0.3) is 35.1 Å². The molecule has 1 saturated carbocycles. The molecule has 652 valence electrons. The molecule has 1 aliphatic rings. The fraction of sp³-hybridized carbons (Fsp3) is 0.144. The predicted molar refractivity (Wildman–Crippen MR) is 484 cm³/mol. The normalized spacial score (nSPS) is 12.2. The second kappa shape index (κ2) is 35.3. The summed E-state index contributed by atoms with van der Waals surface area (Å²) in [6, 6.07) is 57.4. The van der Waals surface area contributed by atoms with Crippen LogP contribution in [0.1, 0.15) is 12.8 Å². The number of rotatable bonds is 18. The zero-order valence-electron chi connectivity index (χ0n) is 68.4. The van der Waals surface area contributed by atoms with Crippen molar-refractivity contribution in [1.82, 2.24) is 108 Å². The molecular weight excluding hydrogens is 1750 g/mol. The van der Waals surface area contributed by atoms with Crippen LogP contribution in [0.15, 0.2) is 250 Å². The maximum absolute atomic E-state index is 13.7. The number of anilines is 3. The molecule has 0 amide bonds. The van der Waals surface area contributed by atoms with Gasteiger partial charge in [0, 0.05) is 108 Å². The highest BCUT2D eigenvalue weighted by molar-refractivity contribution is 6.31. The summed E-state index contributed by atoms with van der Waals surface area (Å²) in [7, 11) is 7.31. The first-order valence-corrected chi connectivity index (χ1v) is 41.0. The topological polar surface area (TPSA) is 336 Å². The average Bonchev–Trinajstić information content (AvgIpc) is 1.11. The molecule has 0 radical (unpaired) electrons. The Balaban J connectivity index is 0.000000117. The van der Waals surface area contributed by atoms with Crippen molar-refractivity contribution in [2.45, 2.75) is 37.9 Å². The van der Waals surface area contributed by atoms with Crippen molar-refractivity contribution >= 4 is 140 Å². The number of aromatic amines is 1. The zero-order valence-corrected chi connectivity index (χ0v) is 70.7. The van der Waals surface area contributed by atoms with Crippen LogP contribution in [-0.2, 0) is 28.2 Å². The number of hydrogen-bond donors (Lipinski definition) is 4. The first-order chi connectivity index (χ1) is 62.6. The van der Waals surface area contributed by atoms with E-state index in [1.165, 1.54) is 43.1 Å². The van der Waals surface area contributed by atoms with Crippen molar-refractivity contribution < 1.29 is 35.5 Å². The Morgan fingerprint density at radius 2 is 0.738 bits per heavy atom. The predicted octanol–water partition coefficient (Wildman–Crippen LogP) is 16.9. The summed E-state index contributed by atoms with van der Waals surface area (Å²) in [6.07, 6.45) is 1.63. The second-order valence-electron chi connectivity index (χ2n) is 30.1. The molecule has 20 aromatic rings. The molecular formula is C90H67Cl3F7N25O5. The molecule has 30 nitrogen and oxygen atoms in total. The number of nitrogens with zero attached hydrogens (tertiary/aromatic N) is 21. The van der Waals surface area contributed by atoms with Gasteiger partial charge in [-0.25, -0.2) is 37.5 Å². The molecule has 130 heavy (non-hydrogen) atoms. The van der Waals surface area contributed by atoms with E-state index in [1.54, 1.807) is 147 Å². The fourth-order valence-electron chi connectivity index (χ4n) is 14.6. The van der Waals surface area contributed by atoms with Crippen LogP contribution in [-0.4, -0.2) is 153 Å². The standard InChI is InChI=1S/C24H19ClN6O.C23H16ClF3N6O.C23H17ClF2N6O.C20H15F2N7O2/c1-30-13-15-12-18(8-9-19(15)28-30)31-24(32)22(14-2-4-16(25)5-3-14)23-20(29-31)10-11-21(27-23)26-17-6-7-17;1-32-11-14-10-16(6-7-17(14)30-32)33-22(34)20(13-2-4-15(24)5-3-13)21-18(31-33)8-9-19(29-21)28-12-23(25,26)27;1-31-12-14-10-16(6-7-17(14)29-31)32-23(33)21(13-2-4-15(24)5-3-13)22-18(30-32)8-9-20(28-22)27-11-19(25)26;1-28-9-11-8-12(2-3-13(11)26-28)29-20(30)18(14-6-7-23-25-14)19-15(27-29)4-5-17(24-19)31-10-16(21)22/h2-5,8-13,17H,6-7H2,1H3,(H,26,27);2-11H,12H2,1H3,(H,28,29);2-10,12,19H,11H2,1H3,(H,27,28);2-9,16H,10H2,1H3,(H,23,25). The lowest BCUT2D eigenvalue weighted by Gasteiger charge is -2.13. The van der Waals surface area contributed by atoms with E-state index in [1.807, 2.05) is 107 Å². The maximum atomic E-state index is 13.7. The van der Waals surface area contributed by atoms with Crippen LogP contribution in [0.3, 0.4) is 0 Å². The van der Waals surface area contributed by atoms with E-state index in [4.69, 9.17) is 44.5 Å². The van der Waals surface area contributed by atoms with Crippen LogP contribution >= 0.6 is 34.8 Å². The Labute approximate surface area is 742 Å². The highest BCUT2D eigenvalue weighted by Gasteiger charge is 2.29. The SMILES string of the molecule is Cn1cc2cc(-n3nc4ccc(NC5CC5)nc4c(-c4ccc(Cl)cc4)c3=O)ccc2n1.Cn1cc2cc(-n3nc4ccc(NCC(F)(F)F)nc4c(-c4ccc(Cl)cc4)c3=O)ccc2n1.Cn1cc2cc(-n3nc4ccc(NCC(F)F)nc4c(-c4ccc(Cl)cc4)c3=O)ccc2n1.Cn1cc2cc(-n3nc4ccc(OCC(F)F)nc4c(-c4ccn[nH]4)c3=O)ccc2n1. The van der Waals surface area contributed by atoms with Gasteiger partial charge in [-0.3, -0.25) is 43.0 Å². The molecule has 21 rings (SSSR count).